The van der Waals surface area contributed by atoms with E-state index in [-0.39, 0.29) is 5.91 Å². The minimum Gasteiger partial charge on any atom is -0.476 e. The maximum atomic E-state index is 12.7. The molecule has 0 atom stereocenters. The number of piperidine rings is 1. The van der Waals surface area contributed by atoms with Gasteiger partial charge < -0.3 is 9.64 Å². The lowest BCUT2D eigenvalue weighted by Gasteiger charge is -2.31. The van der Waals surface area contributed by atoms with Crippen LogP contribution < -0.4 is 4.74 Å². The third kappa shape index (κ3) is 3.67. The van der Waals surface area contributed by atoms with Crippen LogP contribution in [0.1, 0.15) is 28.9 Å². The summed E-state index contributed by atoms with van der Waals surface area (Å²) >= 11 is 1.56. The van der Waals surface area contributed by atoms with Crippen LogP contribution in [0.15, 0.2) is 35.8 Å². The zero-order chi connectivity index (χ0) is 17.9. The van der Waals surface area contributed by atoms with E-state index in [0.29, 0.717) is 18.4 Å². The molecule has 1 fully saturated rings. The van der Waals surface area contributed by atoms with Crippen molar-refractivity contribution in [3.63, 3.8) is 0 Å². The molecule has 0 bridgehead atoms. The molecule has 1 aliphatic rings. The van der Waals surface area contributed by atoms with Gasteiger partial charge in [0, 0.05) is 24.7 Å². The number of nitrogens with zero attached hydrogens (tertiary/aromatic N) is 4. The van der Waals surface area contributed by atoms with Crippen molar-refractivity contribution in [3.05, 3.63) is 47.1 Å². The van der Waals surface area contributed by atoms with Crippen LogP contribution in [0.4, 0.5) is 0 Å². The van der Waals surface area contributed by atoms with Crippen molar-refractivity contribution in [1.82, 2.24) is 20.1 Å². The topological polar surface area (TPSA) is 68.2 Å². The molecule has 134 valence electrons. The van der Waals surface area contributed by atoms with Gasteiger partial charge in [0.25, 0.3) is 5.91 Å². The number of fused-ring (bicyclic) bond motifs is 1. The summed E-state index contributed by atoms with van der Waals surface area (Å²) in [6.07, 6.45) is 1.88. The van der Waals surface area contributed by atoms with Crippen molar-refractivity contribution in [1.29, 1.82) is 0 Å². The fraction of sp³-hybridized carbons (Fsp3) is 0.368. The molecule has 0 spiro atoms. The molecule has 0 unspecified atom stereocenters. The Hall–Kier alpha value is -2.54. The van der Waals surface area contributed by atoms with E-state index in [1.807, 2.05) is 47.7 Å². The number of rotatable bonds is 4. The average molecular weight is 368 g/mol. The molecule has 1 aliphatic heterocycles. The Balaban J connectivity index is 1.31. The number of aryl methyl sites for hydroxylation is 1. The highest BCUT2D eigenvalue weighted by atomic mass is 32.1. The normalized spacial score (nSPS) is 15.3. The fourth-order valence-electron chi connectivity index (χ4n) is 3.14. The fourth-order valence-corrected chi connectivity index (χ4v) is 3.86. The van der Waals surface area contributed by atoms with Gasteiger partial charge in [-0.15, -0.1) is 16.4 Å². The van der Waals surface area contributed by atoms with Crippen LogP contribution in [0.3, 0.4) is 0 Å². The van der Waals surface area contributed by atoms with Crippen LogP contribution in [-0.2, 0) is 0 Å². The average Bonchev–Trinajstić information content (AvgIpc) is 3.15. The molecule has 0 N–H and O–H groups in total. The predicted octanol–water partition coefficient (Wildman–Crippen LogP) is 3.33. The Labute approximate surface area is 155 Å². The number of thiazole rings is 1. The van der Waals surface area contributed by atoms with E-state index in [2.05, 4.69) is 15.2 Å². The number of amides is 1. The van der Waals surface area contributed by atoms with E-state index >= 15 is 0 Å². The molecule has 1 saturated heterocycles. The first-order chi connectivity index (χ1) is 12.7. The lowest BCUT2D eigenvalue weighted by Crippen LogP contribution is -2.39. The predicted molar refractivity (Wildman–Crippen MR) is 101 cm³/mol. The summed E-state index contributed by atoms with van der Waals surface area (Å²) in [5.74, 6) is 1.10. The number of hydrogen-bond donors (Lipinski definition) is 0. The minimum absolute atomic E-state index is 0.101. The van der Waals surface area contributed by atoms with Gasteiger partial charge in [-0.1, -0.05) is 0 Å². The highest BCUT2D eigenvalue weighted by Gasteiger charge is 2.24. The number of ether oxygens (including phenoxy) is 1. The van der Waals surface area contributed by atoms with Crippen LogP contribution in [0.2, 0.25) is 0 Å². The van der Waals surface area contributed by atoms with Crippen LogP contribution in [0, 0.1) is 12.8 Å². The van der Waals surface area contributed by atoms with Crippen molar-refractivity contribution < 1.29 is 9.53 Å². The summed E-state index contributed by atoms with van der Waals surface area (Å²) in [5, 5.41) is 8.02. The summed E-state index contributed by atoms with van der Waals surface area (Å²) in [6, 6.07) is 9.47. The van der Waals surface area contributed by atoms with Gasteiger partial charge in [-0.25, -0.2) is 4.98 Å². The molecule has 26 heavy (non-hydrogen) atoms. The molecule has 7 heteroatoms. The minimum atomic E-state index is 0.101. The first kappa shape index (κ1) is 16.9. The van der Waals surface area contributed by atoms with E-state index < -0.39 is 0 Å². The molecule has 2 aromatic heterocycles. The molecule has 6 nitrogen and oxygen atoms in total. The zero-order valence-electron chi connectivity index (χ0n) is 14.6. The van der Waals surface area contributed by atoms with Crippen molar-refractivity contribution in [2.75, 3.05) is 19.7 Å². The molecule has 0 saturated carbocycles. The first-order valence-corrected chi connectivity index (χ1v) is 9.62. The molecule has 3 aromatic rings. The Morgan fingerprint density at radius 1 is 1.23 bits per heavy atom. The maximum Gasteiger partial charge on any atom is 0.253 e. The summed E-state index contributed by atoms with van der Waals surface area (Å²) in [4.78, 5) is 18.9. The van der Waals surface area contributed by atoms with Gasteiger partial charge in [0.1, 0.15) is 0 Å². The number of carbonyl (C=O) groups is 1. The van der Waals surface area contributed by atoms with Gasteiger partial charge in [0.05, 0.1) is 28.0 Å². The second-order valence-corrected chi connectivity index (χ2v) is 7.48. The smallest absolute Gasteiger partial charge is 0.253 e. The molecule has 4 rings (SSSR count). The molecule has 1 amide bonds. The van der Waals surface area contributed by atoms with Crippen LogP contribution in [0.5, 0.6) is 5.88 Å². The second-order valence-electron chi connectivity index (χ2n) is 6.59. The van der Waals surface area contributed by atoms with Crippen LogP contribution in [-0.4, -0.2) is 45.7 Å². The second kappa shape index (κ2) is 7.37. The highest BCUT2D eigenvalue weighted by molar-refractivity contribution is 7.16. The van der Waals surface area contributed by atoms with Gasteiger partial charge in [-0.05, 0) is 49.9 Å². The molecule has 1 aromatic carbocycles. The monoisotopic (exact) mass is 368 g/mol. The van der Waals surface area contributed by atoms with Crippen LogP contribution in [0.25, 0.3) is 10.2 Å². The van der Waals surface area contributed by atoms with Gasteiger partial charge in [-0.2, -0.15) is 5.10 Å². The van der Waals surface area contributed by atoms with E-state index in [4.69, 9.17) is 4.74 Å². The molecule has 0 aliphatic carbocycles. The van der Waals surface area contributed by atoms with Crippen molar-refractivity contribution in [2.24, 2.45) is 5.92 Å². The van der Waals surface area contributed by atoms with E-state index in [9.17, 15) is 4.79 Å². The lowest BCUT2D eigenvalue weighted by atomic mass is 9.97. The highest BCUT2D eigenvalue weighted by Crippen LogP contribution is 2.23. The summed E-state index contributed by atoms with van der Waals surface area (Å²) in [6.45, 7) is 4.03. The third-order valence-corrected chi connectivity index (χ3v) is 5.51. The summed E-state index contributed by atoms with van der Waals surface area (Å²) in [7, 11) is 0. The Morgan fingerprint density at radius 3 is 2.85 bits per heavy atom. The van der Waals surface area contributed by atoms with Crippen molar-refractivity contribution >= 4 is 27.5 Å². The van der Waals surface area contributed by atoms with Gasteiger partial charge in [0.2, 0.25) is 5.88 Å². The van der Waals surface area contributed by atoms with E-state index in [0.717, 1.165) is 47.4 Å². The number of carbonyl (C=O) groups excluding carboxylic acids is 1. The zero-order valence-corrected chi connectivity index (χ0v) is 15.4. The van der Waals surface area contributed by atoms with Crippen molar-refractivity contribution in [3.8, 4) is 5.88 Å². The standard InChI is InChI=1S/C19H20N4O2S/c1-13-2-5-18(22-21-13)25-11-14-6-8-23(9-7-14)19(24)15-3-4-16-17(10-15)26-12-20-16/h2-5,10,12,14H,6-9,11H2,1H3. The number of likely N-dealkylation sites (tertiary alicyclic amines) is 1. The van der Waals surface area contributed by atoms with E-state index in [1.165, 1.54) is 0 Å². The lowest BCUT2D eigenvalue weighted by molar-refractivity contribution is 0.0659. The Morgan fingerprint density at radius 2 is 2.08 bits per heavy atom. The number of aromatic nitrogens is 3. The summed E-state index contributed by atoms with van der Waals surface area (Å²) in [5.41, 5.74) is 4.37. The largest absolute Gasteiger partial charge is 0.476 e. The van der Waals surface area contributed by atoms with Gasteiger partial charge >= 0.3 is 0 Å². The summed E-state index contributed by atoms with van der Waals surface area (Å²) < 4.78 is 6.79. The molecule has 0 radical (unpaired) electrons. The Kier molecular flexibility index (Phi) is 4.79. The van der Waals surface area contributed by atoms with Gasteiger partial charge in [-0.3, -0.25) is 4.79 Å². The van der Waals surface area contributed by atoms with Crippen LogP contribution >= 0.6 is 11.3 Å². The number of hydrogen-bond acceptors (Lipinski definition) is 6. The molecule has 3 heterocycles. The van der Waals surface area contributed by atoms with E-state index in [1.54, 1.807) is 11.3 Å². The van der Waals surface area contributed by atoms with Gasteiger partial charge in [0.15, 0.2) is 0 Å². The number of benzene rings is 1. The SMILES string of the molecule is Cc1ccc(OCC2CCN(C(=O)c3ccc4ncsc4c3)CC2)nn1. The quantitative estimate of drug-likeness (QED) is 0.707. The Bertz CT molecular complexity index is 901. The molecular weight excluding hydrogens is 348 g/mol. The molecular formula is C19H20N4O2S. The maximum absolute atomic E-state index is 12.7. The first-order valence-electron chi connectivity index (χ1n) is 8.75. The van der Waals surface area contributed by atoms with Crippen molar-refractivity contribution in [2.45, 2.75) is 19.8 Å². The third-order valence-electron chi connectivity index (χ3n) is 4.72.